The van der Waals surface area contributed by atoms with E-state index in [4.69, 9.17) is 11.5 Å². The lowest BCUT2D eigenvalue weighted by Crippen LogP contribution is -2.40. The molecule has 1 aromatic carbocycles. The zero-order valence-corrected chi connectivity index (χ0v) is 19.0. The van der Waals surface area contributed by atoms with Crippen molar-refractivity contribution in [3.63, 3.8) is 0 Å². The maximum atomic E-state index is 13.7. The summed E-state index contributed by atoms with van der Waals surface area (Å²) in [6, 6.07) is 4.70. The Kier molecular flexibility index (Phi) is 7.18. The van der Waals surface area contributed by atoms with Crippen LogP contribution in [0.25, 0.3) is 11.0 Å². The standard InChI is InChI=1S/C23H33N5O4/c1-13(2)16-6-4-14(3)10-17(16)22(31)28-18-7-5-15(21(30)26-12-20(25)29)11-19(18)27(9-8-24)23(28)32/h5,7,11,13-14,16-17H,4,6,8-10,12,24H2,1-3H3,(H2,25,29)(H,26,30)/t14-,16+,17-/m1/s1. The summed E-state index contributed by atoms with van der Waals surface area (Å²) in [5, 5.41) is 2.43. The average Bonchev–Trinajstić information content (AvgIpc) is 3.02. The summed E-state index contributed by atoms with van der Waals surface area (Å²) in [7, 11) is 0. The van der Waals surface area contributed by atoms with Gasteiger partial charge < -0.3 is 16.8 Å². The van der Waals surface area contributed by atoms with Crippen molar-refractivity contribution >= 4 is 28.8 Å². The van der Waals surface area contributed by atoms with Crippen LogP contribution in [0, 0.1) is 23.7 Å². The van der Waals surface area contributed by atoms with E-state index in [9.17, 15) is 19.2 Å². The van der Waals surface area contributed by atoms with Gasteiger partial charge >= 0.3 is 5.69 Å². The fraction of sp³-hybridized carbons (Fsp3) is 0.565. The van der Waals surface area contributed by atoms with Crippen LogP contribution in [0.4, 0.5) is 0 Å². The molecule has 1 aromatic heterocycles. The van der Waals surface area contributed by atoms with E-state index in [1.807, 2.05) is 0 Å². The van der Waals surface area contributed by atoms with Crippen LogP contribution in [-0.2, 0) is 11.3 Å². The second-order valence-electron chi connectivity index (χ2n) is 9.18. The molecular formula is C23H33N5O4. The smallest absolute Gasteiger partial charge is 0.336 e. The van der Waals surface area contributed by atoms with Gasteiger partial charge in [0.05, 0.1) is 17.6 Å². The molecule has 0 radical (unpaired) electrons. The average molecular weight is 444 g/mol. The van der Waals surface area contributed by atoms with E-state index >= 15 is 0 Å². The zero-order chi connectivity index (χ0) is 23.6. The molecule has 174 valence electrons. The lowest BCUT2D eigenvalue weighted by atomic mass is 9.69. The minimum atomic E-state index is -0.655. The molecule has 2 amide bonds. The summed E-state index contributed by atoms with van der Waals surface area (Å²) >= 11 is 0. The third kappa shape index (κ3) is 4.62. The summed E-state index contributed by atoms with van der Waals surface area (Å²) in [6.45, 7) is 6.53. The second kappa shape index (κ2) is 9.68. The second-order valence-corrected chi connectivity index (χ2v) is 9.18. The van der Waals surface area contributed by atoms with Crippen molar-refractivity contribution in [2.45, 2.75) is 46.6 Å². The highest BCUT2D eigenvalue weighted by Crippen LogP contribution is 2.39. The Morgan fingerprint density at radius 1 is 1.19 bits per heavy atom. The fourth-order valence-electron chi connectivity index (χ4n) is 4.88. The molecule has 1 aliphatic rings. The van der Waals surface area contributed by atoms with Gasteiger partial charge in [0.15, 0.2) is 0 Å². The van der Waals surface area contributed by atoms with Gasteiger partial charge in [-0.3, -0.25) is 19.0 Å². The van der Waals surface area contributed by atoms with Gasteiger partial charge in [-0.25, -0.2) is 9.36 Å². The quantitative estimate of drug-likeness (QED) is 0.592. The number of nitrogens with one attached hydrogen (secondary N) is 1. The number of aromatic nitrogens is 2. The van der Waals surface area contributed by atoms with Crippen molar-refractivity contribution in [1.82, 2.24) is 14.5 Å². The molecule has 32 heavy (non-hydrogen) atoms. The lowest BCUT2D eigenvalue weighted by molar-refractivity contribution is -0.117. The molecule has 0 saturated heterocycles. The number of imidazole rings is 1. The number of nitrogens with zero attached hydrogens (tertiary/aromatic N) is 2. The van der Waals surface area contributed by atoms with Crippen molar-refractivity contribution in [3.8, 4) is 0 Å². The van der Waals surface area contributed by atoms with Crippen LogP contribution in [0.3, 0.4) is 0 Å². The van der Waals surface area contributed by atoms with Crippen LogP contribution >= 0.6 is 0 Å². The largest absolute Gasteiger partial charge is 0.368 e. The third-order valence-electron chi connectivity index (χ3n) is 6.53. The van der Waals surface area contributed by atoms with E-state index in [0.29, 0.717) is 22.9 Å². The number of hydrogen-bond donors (Lipinski definition) is 3. The first-order valence-corrected chi connectivity index (χ1v) is 11.2. The molecule has 0 unspecified atom stereocenters. The molecule has 2 aromatic rings. The van der Waals surface area contributed by atoms with Gasteiger partial charge in [-0.15, -0.1) is 0 Å². The molecule has 0 spiro atoms. The van der Waals surface area contributed by atoms with Crippen LogP contribution in [0.1, 0.15) is 55.2 Å². The zero-order valence-electron chi connectivity index (χ0n) is 19.0. The van der Waals surface area contributed by atoms with Crippen LogP contribution in [0.2, 0.25) is 0 Å². The van der Waals surface area contributed by atoms with Gasteiger partial charge in [-0.1, -0.05) is 27.2 Å². The monoisotopic (exact) mass is 443 g/mol. The predicted molar refractivity (Wildman–Crippen MR) is 122 cm³/mol. The van der Waals surface area contributed by atoms with Crippen LogP contribution in [-0.4, -0.2) is 39.9 Å². The third-order valence-corrected chi connectivity index (χ3v) is 6.53. The van der Waals surface area contributed by atoms with Gasteiger partial charge in [0, 0.05) is 24.6 Å². The Bertz CT molecular complexity index is 1080. The first kappa shape index (κ1) is 23.7. The highest BCUT2D eigenvalue weighted by molar-refractivity contribution is 6.00. The molecule has 1 heterocycles. The number of hydrogen-bond acceptors (Lipinski definition) is 5. The molecule has 0 aliphatic heterocycles. The van der Waals surface area contributed by atoms with Crippen molar-refractivity contribution in [1.29, 1.82) is 0 Å². The number of carbonyl (C=O) groups is 3. The molecule has 3 rings (SSSR count). The van der Waals surface area contributed by atoms with Gasteiger partial charge in [0.1, 0.15) is 0 Å². The highest BCUT2D eigenvalue weighted by atomic mass is 16.2. The Morgan fingerprint density at radius 3 is 2.53 bits per heavy atom. The van der Waals surface area contributed by atoms with Gasteiger partial charge in [0.25, 0.3) is 5.91 Å². The molecule has 5 N–H and O–H groups in total. The van der Waals surface area contributed by atoms with Gasteiger partial charge in [-0.2, -0.15) is 0 Å². The number of primary amides is 1. The topological polar surface area (TPSA) is 142 Å². The van der Waals surface area contributed by atoms with E-state index in [1.165, 1.54) is 15.2 Å². The summed E-state index contributed by atoms with van der Waals surface area (Å²) in [4.78, 5) is 50.3. The molecule has 3 atom stereocenters. The van der Waals surface area contributed by atoms with Crippen molar-refractivity contribution in [2.75, 3.05) is 13.1 Å². The fourth-order valence-corrected chi connectivity index (χ4v) is 4.88. The van der Waals surface area contributed by atoms with Crippen LogP contribution in [0.5, 0.6) is 0 Å². The minimum Gasteiger partial charge on any atom is -0.368 e. The van der Waals surface area contributed by atoms with E-state index in [2.05, 4.69) is 26.1 Å². The summed E-state index contributed by atoms with van der Waals surface area (Å²) in [5.41, 5.74) is 11.6. The Morgan fingerprint density at radius 2 is 1.91 bits per heavy atom. The molecule has 1 saturated carbocycles. The molecular weight excluding hydrogens is 410 g/mol. The number of rotatable bonds is 7. The van der Waals surface area contributed by atoms with Gasteiger partial charge in [-0.05, 0) is 48.8 Å². The summed E-state index contributed by atoms with van der Waals surface area (Å²) in [6.07, 6.45) is 2.81. The Balaban J connectivity index is 2.08. The Labute approximate surface area is 187 Å². The Hall–Kier alpha value is -2.94. The number of carbonyl (C=O) groups excluding carboxylic acids is 3. The highest BCUT2D eigenvalue weighted by Gasteiger charge is 2.37. The normalized spacial score (nSPS) is 21.1. The van der Waals surface area contributed by atoms with Crippen LogP contribution in [0.15, 0.2) is 23.0 Å². The number of benzene rings is 1. The summed E-state index contributed by atoms with van der Waals surface area (Å²) < 4.78 is 2.70. The molecule has 1 fully saturated rings. The molecule has 9 nitrogen and oxygen atoms in total. The van der Waals surface area contributed by atoms with E-state index in [0.717, 1.165) is 19.3 Å². The van der Waals surface area contributed by atoms with E-state index < -0.39 is 17.5 Å². The van der Waals surface area contributed by atoms with Crippen LogP contribution < -0.4 is 22.5 Å². The maximum Gasteiger partial charge on any atom is 0.336 e. The van der Waals surface area contributed by atoms with E-state index in [-0.39, 0.29) is 42.9 Å². The first-order valence-electron chi connectivity index (χ1n) is 11.2. The maximum absolute atomic E-state index is 13.7. The lowest BCUT2D eigenvalue weighted by Gasteiger charge is -2.36. The van der Waals surface area contributed by atoms with Crippen molar-refractivity contribution in [2.24, 2.45) is 35.1 Å². The molecule has 0 bridgehead atoms. The van der Waals surface area contributed by atoms with E-state index in [1.54, 1.807) is 12.1 Å². The SMILES string of the molecule is CC(C)[C@@H]1CC[C@@H](C)C[C@H]1C(=O)n1c(=O)n(CCN)c2cc(C(=O)NCC(N)=O)ccc21. The number of amides is 2. The first-order chi connectivity index (χ1) is 15.1. The molecule has 1 aliphatic carbocycles. The van der Waals surface area contributed by atoms with Crippen molar-refractivity contribution in [3.05, 3.63) is 34.2 Å². The van der Waals surface area contributed by atoms with Gasteiger partial charge in [0.2, 0.25) is 11.8 Å². The summed E-state index contributed by atoms with van der Waals surface area (Å²) in [5.74, 6) is -0.580. The predicted octanol–water partition coefficient (Wildman–Crippen LogP) is 1.33. The number of nitrogens with two attached hydrogens (primary N) is 2. The minimum absolute atomic E-state index is 0.188. The molecule has 9 heteroatoms. The number of fused-ring (bicyclic) bond motifs is 1. The van der Waals surface area contributed by atoms with Crippen molar-refractivity contribution < 1.29 is 14.4 Å².